The molecule has 0 aliphatic carbocycles. The summed E-state index contributed by atoms with van der Waals surface area (Å²) in [5.74, 6) is -0.387. The highest BCUT2D eigenvalue weighted by Crippen LogP contribution is 2.18. The van der Waals surface area contributed by atoms with Gasteiger partial charge in [0.25, 0.3) is 11.5 Å². The van der Waals surface area contributed by atoms with E-state index in [-0.39, 0.29) is 17.0 Å². The number of aromatic nitrogens is 1. The molecule has 3 rings (SSSR count). The maximum absolute atomic E-state index is 12.7. The summed E-state index contributed by atoms with van der Waals surface area (Å²) in [6.07, 6.45) is 1.71. The van der Waals surface area contributed by atoms with Crippen molar-refractivity contribution in [3.8, 4) is 0 Å². The van der Waals surface area contributed by atoms with Crippen LogP contribution in [0.5, 0.6) is 0 Å². The van der Waals surface area contributed by atoms with Gasteiger partial charge in [-0.2, -0.15) is 0 Å². The molecular formula is C22H22N2O2. The van der Waals surface area contributed by atoms with E-state index >= 15 is 0 Å². The number of carbonyl (C=O) groups excluding carboxylic acids is 1. The summed E-state index contributed by atoms with van der Waals surface area (Å²) >= 11 is 0. The van der Waals surface area contributed by atoms with Crippen LogP contribution in [-0.4, -0.2) is 10.5 Å². The predicted molar refractivity (Wildman–Crippen MR) is 105 cm³/mol. The van der Waals surface area contributed by atoms with Gasteiger partial charge < -0.3 is 9.88 Å². The van der Waals surface area contributed by atoms with Crippen molar-refractivity contribution >= 4 is 11.6 Å². The summed E-state index contributed by atoms with van der Waals surface area (Å²) in [6.45, 7) is 6.39. The fourth-order valence-corrected chi connectivity index (χ4v) is 2.80. The van der Waals surface area contributed by atoms with Crippen molar-refractivity contribution in [2.24, 2.45) is 0 Å². The lowest BCUT2D eigenvalue weighted by Crippen LogP contribution is -2.29. The van der Waals surface area contributed by atoms with E-state index in [0.29, 0.717) is 6.54 Å². The Morgan fingerprint density at radius 3 is 2.42 bits per heavy atom. The van der Waals surface area contributed by atoms with E-state index in [2.05, 4.69) is 5.32 Å². The van der Waals surface area contributed by atoms with Gasteiger partial charge in [-0.25, -0.2) is 0 Å². The molecule has 4 heteroatoms. The molecule has 132 valence electrons. The summed E-state index contributed by atoms with van der Waals surface area (Å²) in [4.78, 5) is 25.3. The SMILES string of the molecule is Cc1ccc(Cn2cccc(C(=O)Nc3cccc(C)c3C)c2=O)cc1. The van der Waals surface area contributed by atoms with E-state index in [9.17, 15) is 9.59 Å². The van der Waals surface area contributed by atoms with Gasteiger partial charge in [0, 0.05) is 11.9 Å². The van der Waals surface area contributed by atoms with Crippen molar-refractivity contribution in [3.05, 3.63) is 99.0 Å². The molecule has 1 N–H and O–H groups in total. The lowest BCUT2D eigenvalue weighted by atomic mass is 10.1. The van der Waals surface area contributed by atoms with E-state index in [4.69, 9.17) is 0 Å². The third-order valence-corrected chi connectivity index (χ3v) is 4.59. The van der Waals surface area contributed by atoms with Crippen LogP contribution < -0.4 is 10.9 Å². The lowest BCUT2D eigenvalue weighted by Gasteiger charge is -2.11. The monoisotopic (exact) mass is 346 g/mol. The van der Waals surface area contributed by atoms with Gasteiger partial charge in [-0.3, -0.25) is 9.59 Å². The van der Waals surface area contributed by atoms with E-state index < -0.39 is 0 Å². The minimum atomic E-state index is -0.387. The molecule has 0 fully saturated rings. The van der Waals surface area contributed by atoms with Crippen molar-refractivity contribution in [3.63, 3.8) is 0 Å². The Labute approximate surface area is 153 Å². The first kappa shape index (κ1) is 17.7. The Bertz CT molecular complexity index is 1000. The van der Waals surface area contributed by atoms with E-state index in [1.807, 2.05) is 63.2 Å². The lowest BCUT2D eigenvalue weighted by molar-refractivity contribution is 0.102. The maximum atomic E-state index is 12.7. The van der Waals surface area contributed by atoms with Crippen molar-refractivity contribution in [2.75, 3.05) is 5.32 Å². The second-order valence-corrected chi connectivity index (χ2v) is 6.54. The Morgan fingerprint density at radius 1 is 0.962 bits per heavy atom. The molecule has 0 aliphatic rings. The van der Waals surface area contributed by atoms with Gasteiger partial charge in [0.1, 0.15) is 5.56 Å². The van der Waals surface area contributed by atoms with Gasteiger partial charge in [-0.15, -0.1) is 0 Å². The second kappa shape index (κ2) is 7.40. The van der Waals surface area contributed by atoms with Gasteiger partial charge in [-0.05, 0) is 55.7 Å². The van der Waals surface area contributed by atoms with E-state index in [0.717, 1.165) is 22.4 Å². The van der Waals surface area contributed by atoms with Crippen LogP contribution in [-0.2, 0) is 6.54 Å². The van der Waals surface area contributed by atoms with Crippen LogP contribution in [0.1, 0.15) is 32.6 Å². The Balaban J connectivity index is 1.86. The number of amides is 1. The molecule has 2 aromatic carbocycles. The quantitative estimate of drug-likeness (QED) is 0.774. The van der Waals surface area contributed by atoms with Crippen LogP contribution in [0, 0.1) is 20.8 Å². The van der Waals surface area contributed by atoms with Crippen LogP contribution in [0.25, 0.3) is 0 Å². The smallest absolute Gasteiger partial charge is 0.263 e. The molecule has 0 unspecified atom stereocenters. The Hall–Kier alpha value is -3.14. The minimum Gasteiger partial charge on any atom is -0.322 e. The number of rotatable bonds is 4. The maximum Gasteiger partial charge on any atom is 0.263 e. The van der Waals surface area contributed by atoms with Gasteiger partial charge in [-0.1, -0.05) is 42.0 Å². The van der Waals surface area contributed by atoms with Crippen LogP contribution in [0.4, 0.5) is 5.69 Å². The number of carbonyl (C=O) groups is 1. The normalized spacial score (nSPS) is 10.6. The molecule has 0 saturated heterocycles. The molecule has 1 amide bonds. The zero-order valence-electron chi connectivity index (χ0n) is 15.2. The van der Waals surface area contributed by atoms with Crippen molar-refractivity contribution in [1.29, 1.82) is 0 Å². The number of hydrogen-bond donors (Lipinski definition) is 1. The van der Waals surface area contributed by atoms with Gasteiger partial charge in [0.15, 0.2) is 0 Å². The summed E-state index contributed by atoms with van der Waals surface area (Å²) in [5.41, 5.74) is 4.84. The highest BCUT2D eigenvalue weighted by atomic mass is 16.2. The van der Waals surface area contributed by atoms with E-state index in [1.165, 1.54) is 5.56 Å². The average Bonchev–Trinajstić information content (AvgIpc) is 2.62. The predicted octanol–water partition coefficient (Wildman–Crippen LogP) is 4.07. The number of benzene rings is 2. The van der Waals surface area contributed by atoms with Gasteiger partial charge >= 0.3 is 0 Å². The number of anilines is 1. The number of pyridine rings is 1. The zero-order valence-corrected chi connectivity index (χ0v) is 15.2. The first-order valence-electron chi connectivity index (χ1n) is 8.58. The summed E-state index contributed by atoms with van der Waals surface area (Å²) in [5, 5.41) is 2.85. The molecule has 1 heterocycles. The molecule has 0 spiro atoms. The first-order valence-corrected chi connectivity index (χ1v) is 8.58. The van der Waals surface area contributed by atoms with Crippen LogP contribution in [0.3, 0.4) is 0 Å². The molecule has 3 aromatic rings. The molecule has 0 atom stereocenters. The van der Waals surface area contributed by atoms with Crippen LogP contribution >= 0.6 is 0 Å². The van der Waals surface area contributed by atoms with Gasteiger partial charge in [0.2, 0.25) is 0 Å². The van der Waals surface area contributed by atoms with Gasteiger partial charge in [0.05, 0.1) is 6.54 Å². The van der Waals surface area contributed by atoms with Crippen LogP contribution in [0.15, 0.2) is 65.6 Å². The van der Waals surface area contributed by atoms with Crippen molar-refractivity contribution in [1.82, 2.24) is 4.57 Å². The topological polar surface area (TPSA) is 51.1 Å². The number of aryl methyl sites for hydroxylation is 2. The molecule has 0 aliphatic heterocycles. The average molecular weight is 346 g/mol. The first-order chi connectivity index (χ1) is 12.5. The highest BCUT2D eigenvalue weighted by molar-refractivity contribution is 6.04. The fourth-order valence-electron chi connectivity index (χ4n) is 2.80. The number of nitrogens with one attached hydrogen (secondary N) is 1. The molecule has 1 aromatic heterocycles. The number of hydrogen-bond acceptors (Lipinski definition) is 2. The molecule has 0 bridgehead atoms. The fraction of sp³-hybridized carbons (Fsp3) is 0.182. The zero-order chi connectivity index (χ0) is 18.7. The molecule has 4 nitrogen and oxygen atoms in total. The van der Waals surface area contributed by atoms with Crippen molar-refractivity contribution in [2.45, 2.75) is 27.3 Å². The Morgan fingerprint density at radius 2 is 1.69 bits per heavy atom. The third-order valence-electron chi connectivity index (χ3n) is 4.59. The standard InChI is InChI=1S/C22H22N2O2/c1-15-9-11-18(12-10-15)14-24-13-5-7-19(22(24)26)21(25)23-20-8-4-6-16(2)17(20)3/h4-13H,14H2,1-3H3,(H,23,25). The molecular weight excluding hydrogens is 324 g/mol. The van der Waals surface area contributed by atoms with Crippen molar-refractivity contribution < 1.29 is 4.79 Å². The Kier molecular flexibility index (Phi) is 5.03. The summed E-state index contributed by atoms with van der Waals surface area (Å²) in [7, 11) is 0. The highest BCUT2D eigenvalue weighted by Gasteiger charge is 2.14. The van der Waals surface area contributed by atoms with E-state index in [1.54, 1.807) is 22.9 Å². The molecule has 26 heavy (non-hydrogen) atoms. The number of nitrogens with zero attached hydrogens (tertiary/aromatic N) is 1. The summed E-state index contributed by atoms with van der Waals surface area (Å²) in [6, 6.07) is 17.0. The molecule has 0 saturated carbocycles. The summed E-state index contributed by atoms with van der Waals surface area (Å²) < 4.78 is 1.56. The minimum absolute atomic E-state index is 0.139. The largest absolute Gasteiger partial charge is 0.322 e. The molecule has 0 radical (unpaired) electrons. The third kappa shape index (κ3) is 3.75. The van der Waals surface area contributed by atoms with Crippen LogP contribution in [0.2, 0.25) is 0 Å². The second-order valence-electron chi connectivity index (χ2n) is 6.54.